The molecular weight excluding hydrogens is 232 g/mol. The highest BCUT2D eigenvalue weighted by Crippen LogP contribution is 2.43. The van der Waals surface area contributed by atoms with Crippen molar-refractivity contribution in [1.29, 1.82) is 0 Å². The second-order valence-electron chi connectivity index (χ2n) is 5.16. The number of carbonyl (C=O) groups is 1. The van der Waals surface area contributed by atoms with Crippen LogP contribution in [0.5, 0.6) is 0 Å². The highest BCUT2D eigenvalue weighted by Gasteiger charge is 2.50. The predicted octanol–water partition coefficient (Wildman–Crippen LogP) is 1.81. The Morgan fingerprint density at radius 3 is 2.56 bits per heavy atom. The van der Waals surface area contributed by atoms with Gasteiger partial charge in [0.25, 0.3) is 0 Å². The van der Waals surface area contributed by atoms with Crippen molar-refractivity contribution in [3.63, 3.8) is 0 Å². The molecule has 0 fully saturated rings. The third kappa shape index (κ3) is 1.58. The average molecular weight is 248 g/mol. The van der Waals surface area contributed by atoms with E-state index < -0.39 is 10.3 Å². The number of hydrogen-bond donors (Lipinski definition) is 0. The van der Waals surface area contributed by atoms with Gasteiger partial charge in [0.2, 0.25) is 12.5 Å². The number of amides is 1. The molecule has 1 aromatic rings. The van der Waals surface area contributed by atoms with Gasteiger partial charge in [-0.25, -0.2) is 0 Å². The van der Waals surface area contributed by atoms with Gasteiger partial charge >= 0.3 is 0 Å². The van der Waals surface area contributed by atoms with Crippen LogP contribution in [0.3, 0.4) is 0 Å². The maximum absolute atomic E-state index is 12.3. The van der Waals surface area contributed by atoms with Crippen LogP contribution in [0.1, 0.15) is 23.6 Å². The molecule has 0 N–H and O–H groups in total. The number of aryl methyl sites for hydroxylation is 2. The van der Waals surface area contributed by atoms with Crippen molar-refractivity contribution in [1.82, 2.24) is 0 Å². The SMILES string of the molecule is Cc1cc(C)c2c(c1)N(C)C(=O)C2(C)C[N+](=O)[O-]. The molecule has 0 saturated carbocycles. The summed E-state index contributed by atoms with van der Waals surface area (Å²) in [6.45, 7) is 5.14. The van der Waals surface area contributed by atoms with Crippen LogP contribution in [0.25, 0.3) is 0 Å². The highest BCUT2D eigenvalue weighted by atomic mass is 16.6. The zero-order valence-electron chi connectivity index (χ0n) is 11.0. The molecular formula is C13H16N2O3. The van der Waals surface area contributed by atoms with E-state index in [-0.39, 0.29) is 12.5 Å². The van der Waals surface area contributed by atoms with Gasteiger partial charge in [0.15, 0.2) is 0 Å². The van der Waals surface area contributed by atoms with Gasteiger partial charge in [-0.05, 0) is 38.0 Å². The van der Waals surface area contributed by atoms with Gasteiger partial charge in [0, 0.05) is 23.2 Å². The molecule has 0 bridgehead atoms. The molecule has 96 valence electrons. The second-order valence-corrected chi connectivity index (χ2v) is 5.16. The van der Waals surface area contributed by atoms with Gasteiger partial charge in [-0.15, -0.1) is 0 Å². The van der Waals surface area contributed by atoms with Crippen LogP contribution >= 0.6 is 0 Å². The van der Waals surface area contributed by atoms with Crippen LogP contribution in [0.4, 0.5) is 5.69 Å². The van der Waals surface area contributed by atoms with Crippen LogP contribution in [-0.4, -0.2) is 24.4 Å². The highest BCUT2D eigenvalue weighted by molar-refractivity contribution is 6.08. The van der Waals surface area contributed by atoms with E-state index in [1.165, 1.54) is 4.90 Å². The van der Waals surface area contributed by atoms with E-state index >= 15 is 0 Å². The lowest BCUT2D eigenvalue weighted by Gasteiger charge is -2.19. The van der Waals surface area contributed by atoms with Gasteiger partial charge in [-0.3, -0.25) is 14.9 Å². The summed E-state index contributed by atoms with van der Waals surface area (Å²) in [7, 11) is 1.67. The molecule has 0 aliphatic carbocycles. The Morgan fingerprint density at radius 2 is 2.00 bits per heavy atom. The lowest BCUT2D eigenvalue weighted by molar-refractivity contribution is -0.487. The number of nitro groups is 1. The molecule has 0 spiro atoms. The molecule has 5 nitrogen and oxygen atoms in total. The number of fused-ring (bicyclic) bond motifs is 1. The summed E-state index contributed by atoms with van der Waals surface area (Å²) >= 11 is 0. The number of nitrogens with zero attached hydrogens (tertiary/aromatic N) is 2. The first-order valence-corrected chi connectivity index (χ1v) is 5.79. The van der Waals surface area contributed by atoms with E-state index in [0.29, 0.717) is 0 Å². The summed E-state index contributed by atoms with van der Waals surface area (Å²) in [5.41, 5.74) is 2.52. The first kappa shape index (κ1) is 12.5. The smallest absolute Gasteiger partial charge is 0.243 e. The van der Waals surface area contributed by atoms with Gasteiger partial charge in [-0.2, -0.15) is 0 Å². The molecule has 1 unspecified atom stereocenters. The molecule has 1 aromatic carbocycles. The number of carbonyl (C=O) groups excluding carboxylic acids is 1. The van der Waals surface area contributed by atoms with E-state index in [2.05, 4.69) is 0 Å². The minimum absolute atomic E-state index is 0.206. The van der Waals surface area contributed by atoms with Crippen molar-refractivity contribution in [2.75, 3.05) is 18.5 Å². The zero-order valence-corrected chi connectivity index (χ0v) is 11.0. The first-order valence-electron chi connectivity index (χ1n) is 5.79. The van der Waals surface area contributed by atoms with Crippen LogP contribution in [-0.2, 0) is 10.2 Å². The summed E-state index contributed by atoms with van der Waals surface area (Å²) < 4.78 is 0. The topological polar surface area (TPSA) is 63.5 Å². The quantitative estimate of drug-likeness (QED) is 0.592. The van der Waals surface area contributed by atoms with E-state index in [4.69, 9.17) is 0 Å². The Kier molecular flexibility index (Phi) is 2.65. The maximum Gasteiger partial charge on any atom is 0.243 e. The summed E-state index contributed by atoms with van der Waals surface area (Å²) in [5.74, 6) is -0.206. The molecule has 1 amide bonds. The molecule has 18 heavy (non-hydrogen) atoms. The predicted molar refractivity (Wildman–Crippen MR) is 68.5 cm³/mol. The maximum atomic E-state index is 12.3. The summed E-state index contributed by atoms with van der Waals surface area (Å²) in [6, 6.07) is 3.87. The van der Waals surface area contributed by atoms with Crippen LogP contribution in [0.15, 0.2) is 12.1 Å². The fourth-order valence-electron chi connectivity index (χ4n) is 2.92. The minimum Gasteiger partial charge on any atom is -0.314 e. The minimum atomic E-state index is -1.05. The number of benzene rings is 1. The average Bonchev–Trinajstić information content (AvgIpc) is 2.40. The van der Waals surface area contributed by atoms with Gasteiger partial charge in [0.1, 0.15) is 5.41 Å². The third-order valence-corrected chi connectivity index (χ3v) is 3.59. The summed E-state index contributed by atoms with van der Waals surface area (Å²) in [5, 5.41) is 10.8. The second kappa shape index (κ2) is 3.80. The molecule has 1 heterocycles. The van der Waals surface area contributed by atoms with E-state index in [9.17, 15) is 14.9 Å². The largest absolute Gasteiger partial charge is 0.314 e. The number of hydrogen-bond acceptors (Lipinski definition) is 3. The Balaban J connectivity index is 2.68. The summed E-state index contributed by atoms with van der Waals surface area (Å²) in [4.78, 5) is 24.3. The molecule has 5 heteroatoms. The van der Waals surface area contributed by atoms with Crippen molar-refractivity contribution in [3.8, 4) is 0 Å². The molecule has 0 saturated heterocycles. The Labute approximate surface area is 106 Å². The van der Waals surface area contributed by atoms with Crippen LogP contribution in [0, 0.1) is 24.0 Å². The fraction of sp³-hybridized carbons (Fsp3) is 0.462. The summed E-state index contributed by atoms with van der Waals surface area (Å²) in [6.07, 6.45) is 0. The lowest BCUT2D eigenvalue weighted by Crippen LogP contribution is -2.41. The Bertz CT molecular complexity index is 553. The Morgan fingerprint density at radius 1 is 1.39 bits per heavy atom. The van der Waals surface area contributed by atoms with E-state index in [1.54, 1.807) is 14.0 Å². The molecule has 1 aliphatic rings. The molecule has 1 atom stereocenters. The molecule has 0 radical (unpaired) electrons. The molecule has 0 aromatic heterocycles. The van der Waals surface area contributed by atoms with Gasteiger partial charge in [0.05, 0.1) is 0 Å². The number of rotatable bonds is 2. The van der Waals surface area contributed by atoms with Crippen LogP contribution < -0.4 is 4.90 Å². The first-order chi connectivity index (χ1) is 8.27. The van der Waals surface area contributed by atoms with Crippen molar-refractivity contribution in [2.45, 2.75) is 26.2 Å². The van der Waals surface area contributed by atoms with E-state index in [0.717, 1.165) is 22.4 Å². The zero-order chi connectivity index (χ0) is 13.7. The van der Waals surface area contributed by atoms with Crippen molar-refractivity contribution in [2.24, 2.45) is 0 Å². The van der Waals surface area contributed by atoms with Gasteiger partial charge < -0.3 is 4.90 Å². The van der Waals surface area contributed by atoms with Crippen molar-refractivity contribution in [3.05, 3.63) is 38.9 Å². The van der Waals surface area contributed by atoms with Crippen molar-refractivity contribution >= 4 is 11.6 Å². The number of likely N-dealkylation sites (N-methyl/N-ethyl adjacent to an activating group) is 1. The lowest BCUT2D eigenvalue weighted by atomic mass is 9.81. The Hall–Kier alpha value is -1.91. The van der Waals surface area contributed by atoms with Gasteiger partial charge in [-0.1, -0.05) is 6.07 Å². The third-order valence-electron chi connectivity index (χ3n) is 3.59. The molecule has 1 aliphatic heterocycles. The molecule has 2 rings (SSSR count). The monoisotopic (exact) mass is 248 g/mol. The van der Waals surface area contributed by atoms with E-state index in [1.807, 2.05) is 26.0 Å². The fourth-order valence-corrected chi connectivity index (χ4v) is 2.92. The van der Waals surface area contributed by atoms with Crippen LogP contribution in [0.2, 0.25) is 0 Å². The normalized spacial score (nSPS) is 22.2. The standard InChI is InChI=1S/C13H16N2O3/c1-8-5-9(2)11-10(6-8)14(4)12(16)13(11,3)7-15(17)18/h5-6H,7H2,1-4H3. The van der Waals surface area contributed by atoms with Crippen molar-refractivity contribution < 1.29 is 9.72 Å². The number of anilines is 1.